The maximum absolute atomic E-state index is 5.78. The van der Waals surface area contributed by atoms with Gasteiger partial charge in [0.1, 0.15) is 5.52 Å². The Morgan fingerprint density at radius 1 is 1.58 bits per heavy atom. The molecule has 0 spiro atoms. The molecule has 2 aromatic rings. The Kier molecular flexibility index (Phi) is 1.81. The lowest BCUT2D eigenvalue weighted by atomic mass is 10.4. The summed E-state index contributed by atoms with van der Waals surface area (Å²) in [4.78, 5) is 4.14. The van der Waals surface area contributed by atoms with Gasteiger partial charge in [-0.05, 0) is 22.0 Å². The van der Waals surface area contributed by atoms with Gasteiger partial charge in [-0.2, -0.15) is 5.10 Å². The van der Waals surface area contributed by atoms with E-state index in [1.807, 2.05) is 13.1 Å². The number of aryl methyl sites for hydroxylation is 1. The van der Waals surface area contributed by atoms with Crippen molar-refractivity contribution in [2.75, 3.05) is 0 Å². The van der Waals surface area contributed by atoms with Crippen LogP contribution in [0.15, 0.2) is 16.9 Å². The Bertz CT molecular complexity index is 437. The van der Waals surface area contributed by atoms with Gasteiger partial charge in [0.05, 0.1) is 10.5 Å². The normalized spacial score (nSPS) is 10.9. The summed E-state index contributed by atoms with van der Waals surface area (Å²) in [5.41, 5.74) is 1.76. The van der Waals surface area contributed by atoms with Gasteiger partial charge in [-0.1, -0.05) is 11.6 Å². The third-order valence-corrected chi connectivity index (χ3v) is 2.36. The molecule has 2 rings (SSSR count). The van der Waals surface area contributed by atoms with Gasteiger partial charge in [0, 0.05) is 13.2 Å². The van der Waals surface area contributed by atoms with E-state index in [0.29, 0.717) is 5.02 Å². The Hall–Kier alpha value is -0.610. The highest BCUT2D eigenvalue weighted by molar-refractivity contribution is 9.10. The lowest BCUT2D eigenvalue weighted by molar-refractivity contribution is 0.788. The standard InChI is InChI=1S/C7H5BrClN3/c1-12-5-2-4(9)3-10-6(5)7(8)11-12/h2-3H,1H3. The van der Waals surface area contributed by atoms with Crippen LogP contribution in [0.4, 0.5) is 0 Å². The van der Waals surface area contributed by atoms with E-state index < -0.39 is 0 Å². The molecule has 12 heavy (non-hydrogen) atoms. The Labute approximate surface area is 82.5 Å². The molecular formula is C7H5BrClN3. The molecule has 0 atom stereocenters. The summed E-state index contributed by atoms with van der Waals surface area (Å²) in [6.07, 6.45) is 1.61. The summed E-state index contributed by atoms with van der Waals surface area (Å²) < 4.78 is 2.48. The van der Waals surface area contributed by atoms with E-state index in [1.165, 1.54) is 0 Å². The molecule has 2 aromatic heterocycles. The van der Waals surface area contributed by atoms with Gasteiger partial charge in [-0.15, -0.1) is 0 Å². The van der Waals surface area contributed by atoms with E-state index >= 15 is 0 Å². The maximum atomic E-state index is 5.78. The molecule has 0 unspecified atom stereocenters. The van der Waals surface area contributed by atoms with Gasteiger partial charge in [-0.3, -0.25) is 9.67 Å². The molecule has 0 saturated carbocycles. The van der Waals surface area contributed by atoms with Crippen molar-refractivity contribution < 1.29 is 0 Å². The summed E-state index contributed by atoms with van der Waals surface area (Å²) in [6.45, 7) is 0. The molecule has 0 amide bonds. The lowest BCUT2D eigenvalue weighted by Gasteiger charge is -1.92. The smallest absolute Gasteiger partial charge is 0.154 e. The molecule has 0 radical (unpaired) electrons. The Morgan fingerprint density at radius 2 is 2.33 bits per heavy atom. The predicted octanol–water partition coefficient (Wildman–Crippen LogP) is 2.38. The van der Waals surface area contributed by atoms with E-state index in [0.717, 1.165) is 15.6 Å². The number of nitrogens with zero attached hydrogens (tertiary/aromatic N) is 3. The van der Waals surface area contributed by atoms with Gasteiger partial charge in [0.2, 0.25) is 0 Å². The second-order valence-electron chi connectivity index (χ2n) is 2.44. The fraction of sp³-hybridized carbons (Fsp3) is 0.143. The molecule has 0 saturated heterocycles. The molecule has 5 heteroatoms. The average Bonchev–Trinajstić information content (AvgIpc) is 2.28. The Balaban J connectivity index is 2.90. The number of hydrogen-bond acceptors (Lipinski definition) is 2. The first-order chi connectivity index (χ1) is 5.68. The second kappa shape index (κ2) is 2.71. The van der Waals surface area contributed by atoms with Gasteiger partial charge in [0.25, 0.3) is 0 Å². The third kappa shape index (κ3) is 1.11. The summed E-state index contributed by atoms with van der Waals surface area (Å²) in [5, 5.41) is 4.77. The van der Waals surface area contributed by atoms with Crippen LogP contribution >= 0.6 is 27.5 Å². The SMILES string of the molecule is Cn1nc(Br)c2ncc(Cl)cc21. The summed E-state index contributed by atoms with van der Waals surface area (Å²) >= 11 is 9.09. The van der Waals surface area contributed by atoms with Crippen molar-refractivity contribution in [1.29, 1.82) is 0 Å². The highest BCUT2D eigenvalue weighted by Crippen LogP contribution is 2.22. The number of hydrogen-bond donors (Lipinski definition) is 0. The van der Waals surface area contributed by atoms with Crippen molar-refractivity contribution in [1.82, 2.24) is 14.8 Å². The molecular weight excluding hydrogens is 241 g/mol. The fourth-order valence-corrected chi connectivity index (χ4v) is 1.76. The zero-order valence-electron chi connectivity index (χ0n) is 6.25. The number of halogens is 2. The summed E-state index contributed by atoms with van der Waals surface area (Å²) in [5.74, 6) is 0. The first-order valence-electron chi connectivity index (χ1n) is 3.32. The molecule has 2 heterocycles. The molecule has 0 aliphatic carbocycles. The van der Waals surface area contributed by atoms with Crippen molar-refractivity contribution in [3.05, 3.63) is 21.9 Å². The second-order valence-corrected chi connectivity index (χ2v) is 3.62. The minimum absolute atomic E-state index is 0.623. The molecule has 62 valence electrons. The number of rotatable bonds is 0. The van der Waals surface area contributed by atoms with E-state index in [1.54, 1.807) is 10.9 Å². The molecule has 3 nitrogen and oxygen atoms in total. The van der Waals surface area contributed by atoms with Gasteiger partial charge >= 0.3 is 0 Å². The molecule has 0 aliphatic heterocycles. The summed E-state index contributed by atoms with van der Waals surface area (Å²) in [7, 11) is 1.85. The van der Waals surface area contributed by atoms with Crippen LogP contribution in [0.1, 0.15) is 0 Å². The first kappa shape index (κ1) is 8.01. The van der Waals surface area contributed by atoms with Gasteiger partial charge < -0.3 is 0 Å². The van der Waals surface area contributed by atoms with Gasteiger partial charge in [0.15, 0.2) is 4.60 Å². The first-order valence-corrected chi connectivity index (χ1v) is 4.49. The van der Waals surface area contributed by atoms with Crippen LogP contribution in [0.25, 0.3) is 11.0 Å². The average molecular weight is 246 g/mol. The van der Waals surface area contributed by atoms with E-state index in [-0.39, 0.29) is 0 Å². The predicted molar refractivity (Wildman–Crippen MR) is 51.2 cm³/mol. The van der Waals surface area contributed by atoms with Crippen LogP contribution < -0.4 is 0 Å². The van der Waals surface area contributed by atoms with E-state index in [9.17, 15) is 0 Å². The van der Waals surface area contributed by atoms with Crippen LogP contribution in [0.5, 0.6) is 0 Å². The minimum atomic E-state index is 0.623. The van der Waals surface area contributed by atoms with Gasteiger partial charge in [-0.25, -0.2) is 0 Å². The minimum Gasteiger partial charge on any atom is -0.265 e. The van der Waals surface area contributed by atoms with Crippen molar-refractivity contribution in [3.8, 4) is 0 Å². The Morgan fingerprint density at radius 3 is 3.08 bits per heavy atom. The molecule has 0 aliphatic rings. The fourth-order valence-electron chi connectivity index (χ4n) is 1.07. The zero-order chi connectivity index (χ0) is 8.72. The van der Waals surface area contributed by atoms with E-state index in [2.05, 4.69) is 26.0 Å². The third-order valence-electron chi connectivity index (χ3n) is 1.62. The number of fused-ring (bicyclic) bond motifs is 1. The largest absolute Gasteiger partial charge is 0.265 e. The van der Waals surface area contributed by atoms with Crippen molar-refractivity contribution in [2.45, 2.75) is 0 Å². The highest BCUT2D eigenvalue weighted by Gasteiger charge is 2.06. The molecule has 0 fully saturated rings. The molecule has 0 bridgehead atoms. The van der Waals surface area contributed by atoms with Crippen LogP contribution in [0.2, 0.25) is 5.02 Å². The zero-order valence-corrected chi connectivity index (χ0v) is 8.59. The van der Waals surface area contributed by atoms with Crippen LogP contribution in [0, 0.1) is 0 Å². The highest BCUT2D eigenvalue weighted by atomic mass is 79.9. The lowest BCUT2D eigenvalue weighted by Crippen LogP contribution is -1.88. The maximum Gasteiger partial charge on any atom is 0.154 e. The van der Waals surface area contributed by atoms with E-state index in [4.69, 9.17) is 11.6 Å². The van der Waals surface area contributed by atoms with Crippen LogP contribution in [0.3, 0.4) is 0 Å². The topological polar surface area (TPSA) is 30.7 Å². The number of pyridine rings is 1. The molecule has 0 N–H and O–H groups in total. The summed E-state index contributed by atoms with van der Waals surface area (Å²) in [6, 6.07) is 1.83. The monoisotopic (exact) mass is 245 g/mol. The number of aromatic nitrogens is 3. The van der Waals surface area contributed by atoms with Crippen molar-refractivity contribution in [3.63, 3.8) is 0 Å². The van der Waals surface area contributed by atoms with Crippen LogP contribution in [-0.2, 0) is 7.05 Å². The van der Waals surface area contributed by atoms with Crippen molar-refractivity contribution in [2.24, 2.45) is 7.05 Å². The quantitative estimate of drug-likeness (QED) is 0.714. The van der Waals surface area contributed by atoms with Crippen molar-refractivity contribution >= 4 is 38.6 Å². The van der Waals surface area contributed by atoms with Crippen LogP contribution in [-0.4, -0.2) is 14.8 Å². The molecule has 0 aromatic carbocycles.